The summed E-state index contributed by atoms with van der Waals surface area (Å²) in [7, 11) is 1.52. The zero-order valence-electron chi connectivity index (χ0n) is 11.4. The molecule has 0 aliphatic rings. The minimum absolute atomic E-state index is 0.0639. The summed E-state index contributed by atoms with van der Waals surface area (Å²) in [6.45, 7) is 1.58. The Morgan fingerprint density at radius 2 is 1.85 bits per heavy atom. The van der Waals surface area contributed by atoms with E-state index < -0.39 is 0 Å². The third-order valence-electron chi connectivity index (χ3n) is 3.01. The van der Waals surface area contributed by atoms with Crippen LogP contribution in [0.5, 0.6) is 17.2 Å². The highest BCUT2D eigenvalue weighted by atomic mass is 16.5. The molecule has 0 saturated carbocycles. The van der Waals surface area contributed by atoms with Crippen molar-refractivity contribution < 1.29 is 19.4 Å². The lowest BCUT2D eigenvalue weighted by Crippen LogP contribution is -2.12. The lowest BCUT2D eigenvalue weighted by atomic mass is 10.1. The maximum atomic E-state index is 12.1. The van der Waals surface area contributed by atoms with Gasteiger partial charge in [-0.05, 0) is 31.2 Å². The van der Waals surface area contributed by atoms with Crippen molar-refractivity contribution >= 4 is 5.78 Å². The number of carbonyl (C=O) groups excluding carboxylic acids is 1. The molecule has 0 aromatic heterocycles. The van der Waals surface area contributed by atoms with Crippen molar-refractivity contribution in [1.29, 1.82) is 0 Å². The molecule has 20 heavy (non-hydrogen) atoms. The molecule has 0 spiro atoms. The average Bonchev–Trinajstić information content (AvgIpc) is 2.48. The molecule has 104 valence electrons. The molecule has 0 atom stereocenters. The minimum atomic E-state index is -0.280. The highest BCUT2D eigenvalue weighted by Crippen LogP contribution is 2.30. The van der Waals surface area contributed by atoms with E-state index in [0.717, 1.165) is 0 Å². The van der Waals surface area contributed by atoms with Crippen molar-refractivity contribution in [1.82, 2.24) is 0 Å². The molecule has 2 aromatic rings. The van der Waals surface area contributed by atoms with Crippen LogP contribution in [0, 0.1) is 6.92 Å². The summed E-state index contributed by atoms with van der Waals surface area (Å²) >= 11 is 0. The maximum absolute atomic E-state index is 12.1. The van der Waals surface area contributed by atoms with E-state index in [0.29, 0.717) is 17.1 Å². The molecule has 0 radical (unpaired) electrons. The summed E-state index contributed by atoms with van der Waals surface area (Å²) in [5.74, 6) is 0.816. The maximum Gasteiger partial charge on any atom is 0.203 e. The van der Waals surface area contributed by atoms with E-state index >= 15 is 0 Å². The quantitative estimate of drug-likeness (QED) is 0.850. The first kappa shape index (κ1) is 13.9. The van der Waals surface area contributed by atoms with Crippen molar-refractivity contribution in [3.63, 3.8) is 0 Å². The van der Waals surface area contributed by atoms with Crippen LogP contribution in [-0.4, -0.2) is 24.6 Å². The molecule has 0 fully saturated rings. The van der Waals surface area contributed by atoms with Gasteiger partial charge in [0.2, 0.25) is 5.78 Å². The SMILES string of the molecule is COc1ccc(C(=O)COc2ccccc2)c(O)c1C. The van der Waals surface area contributed by atoms with Gasteiger partial charge in [-0.3, -0.25) is 4.79 Å². The second-order valence-electron chi connectivity index (χ2n) is 4.31. The van der Waals surface area contributed by atoms with E-state index in [2.05, 4.69) is 0 Å². The van der Waals surface area contributed by atoms with Gasteiger partial charge in [-0.2, -0.15) is 0 Å². The Bertz CT molecular complexity index is 605. The molecular formula is C16H16O4. The molecule has 0 aliphatic heterocycles. The fourth-order valence-corrected chi connectivity index (χ4v) is 1.87. The molecule has 0 heterocycles. The van der Waals surface area contributed by atoms with Crippen LogP contribution in [0.15, 0.2) is 42.5 Å². The van der Waals surface area contributed by atoms with Gasteiger partial charge in [-0.15, -0.1) is 0 Å². The van der Waals surface area contributed by atoms with E-state index in [1.807, 2.05) is 18.2 Å². The molecule has 2 aromatic carbocycles. The van der Waals surface area contributed by atoms with E-state index in [-0.39, 0.29) is 23.7 Å². The molecule has 0 unspecified atom stereocenters. The largest absolute Gasteiger partial charge is 0.507 e. The van der Waals surface area contributed by atoms with Gasteiger partial charge in [0, 0.05) is 5.56 Å². The van der Waals surface area contributed by atoms with Gasteiger partial charge in [-0.1, -0.05) is 18.2 Å². The Morgan fingerprint density at radius 1 is 1.15 bits per heavy atom. The topological polar surface area (TPSA) is 55.8 Å². The van der Waals surface area contributed by atoms with Crippen molar-refractivity contribution in [3.8, 4) is 17.2 Å². The average molecular weight is 272 g/mol. The summed E-state index contributed by atoms with van der Waals surface area (Å²) in [6, 6.07) is 12.3. The van der Waals surface area contributed by atoms with Crippen LogP contribution in [0.25, 0.3) is 0 Å². The van der Waals surface area contributed by atoms with Gasteiger partial charge in [0.25, 0.3) is 0 Å². The van der Waals surface area contributed by atoms with E-state index in [1.54, 1.807) is 25.1 Å². The first-order chi connectivity index (χ1) is 9.63. The van der Waals surface area contributed by atoms with Crippen LogP contribution >= 0.6 is 0 Å². The Labute approximate surface area is 117 Å². The number of methoxy groups -OCH3 is 1. The molecule has 0 saturated heterocycles. The standard InChI is InChI=1S/C16H16O4/c1-11-15(19-2)9-8-13(16(11)18)14(17)10-20-12-6-4-3-5-7-12/h3-9,18H,10H2,1-2H3. The van der Waals surface area contributed by atoms with Gasteiger partial charge < -0.3 is 14.6 Å². The molecular weight excluding hydrogens is 256 g/mol. The minimum Gasteiger partial charge on any atom is -0.507 e. The van der Waals surface area contributed by atoms with Crippen molar-refractivity contribution in [2.45, 2.75) is 6.92 Å². The molecule has 0 amide bonds. The number of carbonyl (C=O) groups is 1. The first-order valence-electron chi connectivity index (χ1n) is 6.21. The Hall–Kier alpha value is -2.49. The van der Waals surface area contributed by atoms with Gasteiger partial charge in [-0.25, -0.2) is 0 Å². The molecule has 1 N–H and O–H groups in total. The molecule has 0 bridgehead atoms. The monoisotopic (exact) mass is 272 g/mol. The number of phenols is 1. The van der Waals surface area contributed by atoms with Crippen LogP contribution in [0.3, 0.4) is 0 Å². The Kier molecular flexibility index (Phi) is 4.25. The van der Waals surface area contributed by atoms with Crippen molar-refractivity contribution in [2.24, 2.45) is 0 Å². The lowest BCUT2D eigenvalue weighted by Gasteiger charge is -2.11. The predicted molar refractivity (Wildman–Crippen MR) is 75.7 cm³/mol. The van der Waals surface area contributed by atoms with Crippen molar-refractivity contribution in [2.75, 3.05) is 13.7 Å². The van der Waals surface area contributed by atoms with Crippen LogP contribution in [0.2, 0.25) is 0 Å². The highest BCUT2D eigenvalue weighted by molar-refractivity contribution is 6.00. The summed E-state index contributed by atoms with van der Waals surface area (Å²) in [5.41, 5.74) is 0.775. The molecule has 4 nitrogen and oxygen atoms in total. The van der Waals surface area contributed by atoms with Crippen LogP contribution < -0.4 is 9.47 Å². The summed E-state index contributed by atoms with van der Waals surface area (Å²) in [5, 5.41) is 10.0. The third kappa shape index (κ3) is 2.91. The summed E-state index contributed by atoms with van der Waals surface area (Å²) in [6.07, 6.45) is 0. The number of aromatic hydroxyl groups is 1. The Balaban J connectivity index is 2.12. The second-order valence-corrected chi connectivity index (χ2v) is 4.31. The molecule has 0 aliphatic carbocycles. The fourth-order valence-electron chi connectivity index (χ4n) is 1.87. The van der Waals surface area contributed by atoms with Crippen molar-refractivity contribution in [3.05, 3.63) is 53.6 Å². The van der Waals surface area contributed by atoms with Crippen LogP contribution in [0.4, 0.5) is 0 Å². The number of phenolic OH excluding ortho intramolecular Hbond substituents is 1. The number of ether oxygens (including phenoxy) is 2. The number of Topliss-reactive ketones (excluding diaryl/α,β-unsaturated/α-hetero) is 1. The number of hydrogen-bond donors (Lipinski definition) is 1. The zero-order chi connectivity index (χ0) is 14.5. The summed E-state index contributed by atoms with van der Waals surface area (Å²) in [4.78, 5) is 12.1. The highest BCUT2D eigenvalue weighted by Gasteiger charge is 2.16. The van der Waals surface area contributed by atoms with Gasteiger partial charge >= 0.3 is 0 Å². The predicted octanol–water partition coefficient (Wildman–Crippen LogP) is 2.97. The van der Waals surface area contributed by atoms with Gasteiger partial charge in [0.1, 0.15) is 17.2 Å². The molecule has 4 heteroatoms. The Morgan fingerprint density at radius 3 is 2.50 bits per heavy atom. The lowest BCUT2D eigenvalue weighted by molar-refractivity contribution is 0.0918. The smallest absolute Gasteiger partial charge is 0.203 e. The van der Waals surface area contributed by atoms with E-state index in [4.69, 9.17) is 9.47 Å². The summed E-state index contributed by atoms with van der Waals surface area (Å²) < 4.78 is 10.5. The van der Waals surface area contributed by atoms with E-state index in [9.17, 15) is 9.90 Å². The number of para-hydroxylation sites is 1. The van der Waals surface area contributed by atoms with Crippen LogP contribution in [-0.2, 0) is 0 Å². The first-order valence-corrected chi connectivity index (χ1v) is 6.21. The van der Waals surface area contributed by atoms with Gasteiger partial charge in [0.15, 0.2) is 6.61 Å². The van der Waals surface area contributed by atoms with E-state index in [1.165, 1.54) is 13.2 Å². The van der Waals surface area contributed by atoms with Gasteiger partial charge in [0.05, 0.1) is 12.7 Å². The number of benzene rings is 2. The number of ketones is 1. The fraction of sp³-hybridized carbons (Fsp3) is 0.188. The second kappa shape index (κ2) is 6.10. The number of rotatable bonds is 5. The number of hydrogen-bond acceptors (Lipinski definition) is 4. The van der Waals surface area contributed by atoms with Crippen LogP contribution in [0.1, 0.15) is 15.9 Å². The third-order valence-corrected chi connectivity index (χ3v) is 3.01. The zero-order valence-corrected chi connectivity index (χ0v) is 11.4. The molecule has 2 rings (SSSR count). The normalized spacial score (nSPS) is 10.1.